The molecule has 0 saturated carbocycles. The van der Waals surface area contributed by atoms with Crippen molar-refractivity contribution in [1.29, 1.82) is 0 Å². The van der Waals surface area contributed by atoms with Crippen LogP contribution in [0.5, 0.6) is 5.88 Å². The summed E-state index contributed by atoms with van der Waals surface area (Å²) in [6, 6.07) is 22.1. The predicted octanol–water partition coefficient (Wildman–Crippen LogP) is 4.40. The van der Waals surface area contributed by atoms with Crippen LogP contribution in [0, 0.1) is 11.8 Å². The van der Waals surface area contributed by atoms with Gasteiger partial charge >= 0.3 is 0 Å². The van der Waals surface area contributed by atoms with Crippen LogP contribution in [0.4, 0.5) is 11.4 Å². The zero-order valence-electron chi connectivity index (χ0n) is 19.2. The molecule has 0 atom stereocenters. The second kappa shape index (κ2) is 10.5. The molecule has 4 aromatic rings. The van der Waals surface area contributed by atoms with Crippen molar-refractivity contribution in [2.75, 3.05) is 43.6 Å². The lowest BCUT2D eigenvalue weighted by molar-refractivity contribution is 0.311. The van der Waals surface area contributed by atoms with E-state index in [9.17, 15) is 0 Å². The highest BCUT2D eigenvalue weighted by molar-refractivity contribution is 5.71. The van der Waals surface area contributed by atoms with Crippen LogP contribution >= 0.6 is 0 Å². The quantitative estimate of drug-likeness (QED) is 0.400. The molecule has 0 aliphatic heterocycles. The molecule has 33 heavy (non-hydrogen) atoms. The number of rotatable bonds is 7. The Kier molecular flexibility index (Phi) is 7.01. The summed E-state index contributed by atoms with van der Waals surface area (Å²) in [5, 5.41) is 0. The highest BCUT2D eigenvalue weighted by Gasteiger charge is 2.11. The van der Waals surface area contributed by atoms with Crippen LogP contribution in [0.2, 0.25) is 0 Å². The number of pyridine rings is 1. The van der Waals surface area contributed by atoms with Crippen LogP contribution in [0.3, 0.4) is 0 Å². The smallest absolute Gasteiger partial charge is 0.249 e. The van der Waals surface area contributed by atoms with Crippen LogP contribution in [-0.2, 0) is 0 Å². The second-order valence-electron chi connectivity index (χ2n) is 7.68. The minimum absolute atomic E-state index is 0.427. The topological polar surface area (TPSA) is 54.4 Å². The zero-order valence-corrected chi connectivity index (χ0v) is 19.2. The molecule has 0 fully saturated rings. The fourth-order valence-corrected chi connectivity index (χ4v) is 3.41. The van der Waals surface area contributed by atoms with Gasteiger partial charge in [-0.1, -0.05) is 30.2 Å². The van der Waals surface area contributed by atoms with Gasteiger partial charge in [-0.25, -0.2) is 15.0 Å². The third kappa shape index (κ3) is 5.58. The first kappa shape index (κ1) is 22.1. The van der Waals surface area contributed by atoms with E-state index >= 15 is 0 Å². The molecule has 0 N–H and O–H groups in total. The maximum absolute atomic E-state index is 6.10. The highest BCUT2D eigenvalue weighted by Crippen LogP contribution is 2.19. The number of hydrogen-bond acceptors (Lipinski definition) is 6. The number of likely N-dealkylation sites (N-methyl/N-ethyl adjacent to an activating group) is 1. The zero-order chi connectivity index (χ0) is 23.0. The number of nitrogens with zero attached hydrogens (tertiary/aromatic N) is 5. The van der Waals surface area contributed by atoms with Crippen molar-refractivity contribution in [2.24, 2.45) is 0 Å². The Balaban J connectivity index is 1.58. The Morgan fingerprint density at radius 2 is 1.70 bits per heavy atom. The molecular formula is C27H27N5O. The molecule has 6 nitrogen and oxygen atoms in total. The van der Waals surface area contributed by atoms with Crippen molar-refractivity contribution < 1.29 is 4.74 Å². The first-order valence-electron chi connectivity index (χ1n) is 11.0. The number of benzene rings is 2. The highest BCUT2D eigenvalue weighted by atomic mass is 16.5. The van der Waals surface area contributed by atoms with Crippen molar-refractivity contribution >= 4 is 22.5 Å². The van der Waals surface area contributed by atoms with E-state index in [0.29, 0.717) is 29.3 Å². The molecule has 4 rings (SSSR count). The minimum Gasteiger partial charge on any atom is -0.474 e. The van der Waals surface area contributed by atoms with E-state index in [4.69, 9.17) is 4.74 Å². The largest absolute Gasteiger partial charge is 0.474 e. The van der Waals surface area contributed by atoms with Crippen molar-refractivity contribution in [3.63, 3.8) is 0 Å². The molecule has 0 amide bonds. The van der Waals surface area contributed by atoms with Crippen LogP contribution in [0.1, 0.15) is 18.2 Å². The van der Waals surface area contributed by atoms with Crippen molar-refractivity contribution in [1.82, 2.24) is 15.0 Å². The second-order valence-corrected chi connectivity index (χ2v) is 7.68. The Labute approximate surface area is 194 Å². The summed E-state index contributed by atoms with van der Waals surface area (Å²) in [6.07, 6.45) is 1.70. The summed E-state index contributed by atoms with van der Waals surface area (Å²) >= 11 is 0. The van der Waals surface area contributed by atoms with E-state index in [2.05, 4.69) is 50.7 Å². The summed E-state index contributed by atoms with van der Waals surface area (Å²) in [6.45, 7) is 4.21. The maximum Gasteiger partial charge on any atom is 0.249 e. The molecule has 166 valence electrons. The molecule has 2 aromatic carbocycles. The molecule has 6 heteroatoms. The lowest BCUT2D eigenvalue weighted by Gasteiger charge is -2.23. The van der Waals surface area contributed by atoms with E-state index in [0.717, 1.165) is 30.0 Å². The molecule has 2 heterocycles. The van der Waals surface area contributed by atoms with Crippen LogP contribution in [0.15, 0.2) is 72.9 Å². The van der Waals surface area contributed by atoms with Crippen molar-refractivity contribution in [3.8, 4) is 17.7 Å². The average Bonchev–Trinajstić information content (AvgIpc) is 2.86. The van der Waals surface area contributed by atoms with Crippen molar-refractivity contribution in [3.05, 3.63) is 84.2 Å². The number of hydrogen-bond donors (Lipinski definition) is 0. The summed E-state index contributed by atoms with van der Waals surface area (Å²) in [5.41, 5.74) is 4.87. The number of ether oxygens (including phenoxy) is 1. The Morgan fingerprint density at radius 3 is 2.48 bits per heavy atom. The summed E-state index contributed by atoms with van der Waals surface area (Å²) in [4.78, 5) is 17.9. The van der Waals surface area contributed by atoms with E-state index < -0.39 is 0 Å². The molecule has 0 saturated heterocycles. The summed E-state index contributed by atoms with van der Waals surface area (Å²) < 4.78 is 6.10. The SMILES string of the molecule is CCN(CCOc1nc2cccnc2nc1C#Cc1cccc(N(C)C)c1)c1ccccc1. The van der Waals surface area contributed by atoms with Gasteiger partial charge in [0.1, 0.15) is 12.1 Å². The third-order valence-electron chi connectivity index (χ3n) is 5.20. The Hall–Kier alpha value is -4.11. The number of para-hydroxylation sites is 1. The van der Waals surface area contributed by atoms with Crippen LogP contribution in [0.25, 0.3) is 11.2 Å². The molecular weight excluding hydrogens is 410 g/mol. The molecule has 0 aliphatic carbocycles. The lowest BCUT2D eigenvalue weighted by atomic mass is 10.2. The monoisotopic (exact) mass is 437 g/mol. The molecule has 0 unspecified atom stereocenters. The number of anilines is 2. The fraction of sp³-hybridized carbons (Fsp3) is 0.222. The van der Waals surface area contributed by atoms with E-state index in [1.807, 2.05) is 73.6 Å². The fourth-order valence-electron chi connectivity index (χ4n) is 3.41. The normalized spacial score (nSPS) is 10.4. The Bertz CT molecular complexity index is 1280. The van der Waals surface area contributed by atoms with Gasteiger partial charge in [-0.05, 0) is 55.3 Å². The van der Waals surface area contributed by atoms with E-state index in [1.54, 1.807) is 6.20 Å². The summed E-state index contributed by atoms with van der Waals surface area (Å²) in [7, 11) is 4.02. The molecule has 0 aliphatic rings. The van der Waals surface area contributed by atoms with E-state index in [-0.39, 0.29) is 0 Å². The minimum atomic E-state index is 0.427. The van der Waals surface area contributed by atoms with Gasteiger partial charge in [-0.2, -0.15) is 0 Å². The molecule has 0 bridgehead atoms. The van der Waals surface area contributed by atoms with Crippen molar-refractivity contribution in [2.45, 2.75) is 6.92 Å². The van der Waals surface area contributed by atoms with Gasteiger partial charge in [-0.15, -0.1) is 0 Å². The van der Waals surface area contributed by atoms with Gasteiger partial charge < -0.3 is 14.5 Å². The summed E-state index contributed by atoms with van der Waals surface area (Å²) in [5.74, 6) is 6.78. The number of aromatic nitrogens is 3. The maximum atomic E-state index is 6.10. The van der Waals surface area contributed by atoms with Gasteiger partial charge in [-0.3, -0.25) is 0 Å². The predicted molar refractivity (Wildman–Crippen MR) is 134 cm³/mol. The molecule has 0 spiro atoms. The van der Waals surface area contributed by atoms with Crippen LogP contribution in [-0.4, -0.2) is 48.7 Å². The van der Waals surface area contributed by atoms with Gasteiger partial charge in [0, 0.05) is 43.8 Å². The third-order valence-corrected chi connectivity index (χ3v) is 5.20. The van der Waals surface area contributed by atoms with Gasteiger partial charge in [0.15, 0.2) is 11.3 Å². The lowest BCUT2D eigenvalue weighted by Crippen LogP contribution is -2.28. The van der Waals surface area contributed by atoms with Gasteiger partial charge in [0.2, 0.25) is 5.88 Å². The molecule has 0 radical (unpaired) electrons. The van der Waals surface area contributed by atoms with Crippen LogP contribution < -0.4 is 14.5 Å². The van der Waals surface area contributed by atoms with Gasteiger partial charge in [0.05, 0.1) is 6.54 Å². The van der Waals surface area contributed by atoms with Gasteiger partial charge in [0.25, 0.3) is 0 Å². The standard InChI is InChI=1S/C27H27N5O/c1-4-32(22-11-6-5-7-12-22)18-19-33-27-25(29-26-24(30-27)14-9-17-28-26)16-15-21-10-8-13-23(20-21)31(2)3/h5-14,17,20H,4,18-19H2,1-3H3. The van der Waals surface area contributed by atoms with E-state index in [1.165, 1.54) is 0 Å². The number of fused-ring (bicyclic) bond motifs is 1. The molecule has 2 aromatic heterocycles. The Morgan fingerprint density at radius 1 is 0.879 bits per heavy atom. The first-order chi connectivity index (χ1) is 16.1. The average molecular weight is 438 g/mol. The first-order valence-corrected chi connectivity index (χ1v) is 11.0.